The number of rotatable bonds is 8. The van der Waals surface area contributed by atoms with E-state index in [-0.39, 0.29) is 10.9 Å². The molecule has 2 aromatic rings. The zero-order valence-electron chi connectivity index (χ0n) is 17.2. The summed E-state index contributed by atoms with van der Waals surface area (Å²) in [7, 11) is -3.55. The number of nitrogens with one attached hydrogen (secondary N) is 1. The lowest BCUT2D eigenvalue weighted by Gasteiger charge is -2.26. The maximum Gasteiger partial charge on any atom is 0.240 e. The molecule has 7 nitrogen and oxygen atoms in total. The van der Waals surface area contributed by atoms with Gasteiger partial charge in [-0.2, -0.15) is 0 Å². The van der Waals surface area contributed by atoms with E-state index >= 15 is 0 Å². The number of benzene rings is 2. The second-order valence-electron chi connectivity index (χ2n) is 7.40. The summed E-state index contributed by atoms with van der Waals surface area (Å²) in [6.07, 6.45) is 2.13. The summed E-state index contributed by atoms with van der Waals surface area (Å²) in [5.74, 6) is 2.25. The molecule has 1 N–H and O–H groups in total. The van der Waals surface area contributed by atoms with Crippen molar-refractivity contribution in [3.63, 3.8) is 0 Å². The molecule has 8 heteroatoms. The minimum Gasteiger partial charge on any atom is -0.494 e. The van der Waals surface area contributed by atoms with Gasteiger partial charge in [0.2, 0.25) is 10.0 Å². The Morgan fingerprint density at radius 3 is 2.63 bits per heavy atom. The second kappa shape index (κ2) is 9.24. The van der Waals surface area contributed by atoms with Gasteiger partial charge in [-0.25, -0.2) is 13.1 Å². The first-order valence-corrected chi connectivity index (χ1v) is 11.9. The van der Waals surface area contributed by atoms with Gasteiger partial charge in [-0.3, -0.25) is 4.90 Å². The van der Waals surface area contributed by atoms with Gasteiger partial charge in [0.15, 0.2) is 11.5 Å². The third kappa shape index (κ3) is 4.71. The van der Waals surface area contributed by atoms with Gasteiger partial charge < -0.3 is 14.2 Å². The summed E-state index contributed by atoms with van der Waals surface area (Å²) >= 11 is 0. The summed E-state index contributed by atoms with van der Waals surface area (Å²) in [6, 6.07) is 12.9. The number of hydrogen-bond acceptors (Lipinski definition) is 6. The molecule has 1 atom stereocenters. The van der Waals surface area contributed by atoms with Crippen LogP contribution < -0.4 is 18.9 Å². The van der Waals surface area contributed by atoms with Gasteiger partial charge in [0.25, 0.3) is 0 Å². The Bertz CT molecular complexity index is 962. The average Bonchev–Trinajstić information content (AvgIpc) is 3.22. The van der Waals surface area contributed by atoms with Crippen molar-refractivity contribution in [2.45, 2.75) is 30.7 Å². The Morgan fingerprint density at radius 1 is 1.10 bits per heavy atom. The highest BCUT2D eigenvalue weighted by Gasteiger charge is 2.27. The quantitative estimate of drug-likeness (QED) is 0.691. The van der Waals surface area contributed by atoms with E-state index in [2.05, 4.69) is 21.8 Å². The van der Waals surface area contributed by atoms with Crippen LogP contribution in [0, 0.1) is 0 Å². The molecule has 0 saturated carbocycles. The van der Waals surface area contributed by atoms with Crippen LogP contribution in [-0.2, 0) is 10.0 Å². The number of hydrogen-bond donors (Lipinski definition) is 1. The maximum absolute atomic E-state index is 12.6. The fraction of sp³-hybridized carbons (Fsp3) is 0.455. The summed E-state index contributed by atoms with van der Waals surface area (Å²) in [4.78, 5) is 2.57. The van der Waals surface area contributed by atoms with E-state index in [1.807, 2.05) is 13.0 Å². The van der Waals surface area contributed by atoms with Crippen molar-refractivity contribution in [2.75, 3.05) is 39.5 Å². The van der Waals surface area contributed by atoms with Crippen molar-refractivity contribution in [1.82, 2.24) is 9.62 Å². The normalized spacial score (nSPS) is 19.0. The number of ether oxygens (including phenoxy) is 3. The van der Waals surface area contributed by atoms with Crippen molar-refractivity contribution in [2.24, 2.45) is 0 Å². The molecule has 162 valence electrons. The van der Waals surface area contributed by atoms with E-state index in [1.165, 1.54) is 5.56 Å². The Labute approximate surface area is 178 Å². The van der Waals surface area contributed by atoms with E-state index in [4.69, 9.17) is 14.2 Å². The Balaban J connectivity index is 1.36. The average molecular weight is 433 g/mol. The van der Waals surface area contributed by atoms with Crippen molar-refractivity contribution in [1.29, 1.82) is 0 Å². The van der Waals surface area contributed by atoms with E-state index in [0.29, 0.717) is 38.7 Å². The molecular formula is C22H28N2O5S. The van der Waals surface area contributed by atoms with E-state index in [9.17, 15) is 8.42 Å². The van der Waals surface area contributed by atoms with Gasteiger partial charge >= 0.3 is 0 Å². The van der Waals surface area contributed by atoms with Gasteiger partial charge in [-0.1, -0.05) is 6.07 Å². The minimum atomic E-state index is -3.55. The van der Waals surface area contributed by atoms with Crippen LogP contribution in [0.2, 0.25) is 0 Å². The highest BCUT2D eigenvalue weighted by molar-refractivity contribution is 7.89. The summed E-state index contributed by atoms with van der Waals surface area (Å²) in [5, 5.41) is 0. The zero-order valence-corrected chi connectivity index (χ0v) is 18.0. The number of fused-ring (bicyclic) bond motifs is 1. The topological polar surface area (TPSA) is 77.1 Å². The first-order valence-electron chi connectivity index (χ1n) is 10.4. The highest BCUT2D eigenvalue weighted by Crippen LogP contribution is 2.37. The molecule has 2 aliphatic rings. The van der Waals surface area contributed by atoms with E-state index < -0.39 is 10.0 Å². The first-order chi connectivity index (χ1) is 14.6. The zero-order chi connectivity index (χ0) is 21.0. The maximum atomic E-state index is 12.6. The van der Waals surface area contributed by atoms with Gasteiger partial charge in [-0.05, 0) is 68.3 Å². The van der Waals surface area contributed by atoms with Crippen molar-refractivity contribution < 1.29 is 22.6 Å². The smallest absolute Gasteiger partial charge is 0.240 e. The Kier molecular flexibility index (Phi) is 6.46. The highest BCUT2D eigenvalue weighted by atomic mass is 32.2. The lowest BCUT2D eigenvalue weighted by Crippen LogP contribution is -2.34. The predicted octanol–water partition coefficient (Wildman–Crippen LogP) is 2.97. The number of sulfonamides is 1. The summed E-state index contributed by atoms with van der Waals surface area (Å²) < 4.78 is 44.6. The second-order valence-corrected chi connectivity index (χ2v) is 9.17. The van der Waals surface area contributed by atoms with Crippen LogP contribution in [-0.4, -0.2) is 52.8 Å². The lowest BCUT2D eigenvalue weighted by atomic mass is 10.0. The van der Waals surface area contributed by atoms with Crippen LogP contribution >= 0.6 is 0 Å². The monoisotopic (exact) mass is 432 g/mol. The number of nitrogens with zero attached hydrogens (tertiary/aromatic N) is 1. The molecule has 0 bridgehead atoms. The fourth-order valence-electron chi connectivity index (χ4n) is 4.03. The van der Waals surface area contributed by atoms with Gasteiger partial charge in [0, 0.05) is 19.1 Å². The SMILES string of the molecule is CCOc1ccc(S(=O)(=O)NCCN2CCCC2c2ccc3c(c2)OCCO3)cc1. The van der Waals surface area contributed by atoms with E-state index in [0.717, 1.165) is 30.9 Å². The third-order valence-corrected chi connectivity index (χ3v) is 6.93. The molecule has 30 heavy (non-hydrogen) atoms. The molecule has 4 rings (SSSR count). The summed E-state index contributed by atoms with van der Waals surface area (Å²) in [6.45, 7) is 5.54. The van der Waals surface area contributed by atoms with Crippen molar-refractivity contribution in [3.8, 4) is 17.2 Å². The van der Waals surface area contributed by atoms with Crippen LogP contribution in [0.25, 0.3) is 0 Å². The fourth-order valence-corrected chi connectivity index (χ4v) is 5.05. The molecule has 2 aromatic carbocycles. The number of likely N-dealkylation sites (tertiary alicyclic amines) is 1. The van der Waals surface area contributed by atoms with Gasteiger partial charge in [-0.15, -0.1) is 0 Å². The minimum absolute atomic E-state index is 0.246. The molecule has 1 saturated heterocycles. The van der Waals surface area contributed by atoms with Gasteiger partial charge in [0.1, 0.15) is 19.0 Å². The molecule has 2 aliphatic heterocycles. The molecule has 0 aliphatic carbocycles. The Morgan fingerprint density at radius 2 is 1.87 bits per heavy atom. The molecule has 0 aromatic heterocycles. The first kappa shape index (κ1) is 21.0. The molecular weight excluding hydrogens is 404 g/mol. The molecule has 2 heterocycles. The predicted molar refractivity (Wildman–Crippen MR) is 114 cm³/mol. The largest absolute Gasteiger partial charge is 0.494 e. The van der Waals surface area contributed by atoms with Crippen LogP contribution in [0.1, 0.15) is 31.4 Å². The Hall–Kier alpha value is -2.29. The summed E-state index contributed by atoms with van der Waals surface area (Å²) in [5.41, 5.74) is 1.19. The van der Waals surface area contributed by atoms with E-state index in [1.54, 1.807) is 24.3 Å². The molecule has 1 unspecified atom stereocenters. The van der Waals surface area contributed by atoms with Crippen LogP contribution in [0.3, 0.4) is 0 Å². The van der Waals surface area contributed by atoms with Crippen molar-refractivity contribution >= 4 is 10.0 Å². The van der Waals surface area contributed by atoms with Crippen LogP contribution in [0.5, 0.6) is 17.2 Å². The lowest BCUT2D eigenvalue weighted by molar-refractivity contribution is 0.170. The third-order valence-electron chi connectivity index (χ3n) is 5.45. The standard InChI is InChI=1S/C22H28N2O5S/c1-2-27-18-6-8-19(9-7-18)30(25,26)23-11-13-24-12-3-4-20(24)17-5-10-21-22(16-17)29-15-14-28-21/h5-10,16,20,23H,2-4,11-15H2,1H3. The molecule has 0 spiro atoms. The molecule has 0 amide bonds. The van der Waals surface area contributed by atoms with Crippen molar-refractivity contribution in [3.05, 3.63) is 48.0 Å². The molecule has 1 fully saturated rings. The van der Waals surface area contributed by atoms with Gasteiger partial charge in [0.05, 0.1) is 11.5 Å². The molecule has 0 radical (unpaired) electrons. The van der Waals surface area contributed by atoms with Crippen LogP contribution in [0.4, 0.5) is 0 Å². The van der Waals surface area contributed by atoms with Crippen LogP contribution in [0.15, 0.2) is 47.4 Å².